The first-order chi connectivity index (χ1) is 9.34. The van der Waals surface area contributed by atoms with Crippen molar-refractivity contribution in [1.29, 1.82) is 0 Å². The van der Waals surface area contributed by atoms with E-state index in [1.54, 1.807) is 0 Å². The third kappa shape index (κ3) is 3.50. The number of aliphatic hydroxyl groups is 3. The summed E-state index contributed by atoms with van der Waals surface area (Å²) in [6.45, 7) is -2.21. The van der Waals surface area contributed by atoms with Crippen LogP contribution in [0, 0.1) is 0 Å². The lowest BCUT2D eigenvalue weighted by Gasteiger charge is -2.27. The van der Waals surface area contributed by atoms with Gasteiger partial charge in [0, 0.05) is 12.3 Å². The fourth-order valence-electron chi connectivity index (χ4n) is 1.21. The van der Waals surface area contributed by atoms with E-state index in [1.165, 1.54) is 0 Å². The highest BCUT2D eigenvalue weighted by molar-refractivity contribution is 5.00. The number of ether oxygens (including phenoxy) is 1. The molecule has 1 aromatic heterocycles. The maximum Gasteiger partial charge on any atom is 0.330 e. The Morgan fingerprint density at radius 1 is 1.60 bits per heavy atom. The summed E-state index contributed by atoms with van der Waals surface area (Å²) in [5, 5.41) is 27.0. The number of hydrogen-bond acceptors (Lipinski definition) is 6. The zero-order valence-corrected chi connectivity index (χ0v) is 9.99. The van der Waals surface area contributed by atoms with Crippen molar-refractivity contribution in [3.63, 3.8) is 0 Å². The van der Waals surface area contributed by atoms with Crippen molar-refractivity contribution in [2.45, 2.75) is 18.7 Å². The molecule has 1 heterocycles. The molecule has 0 aliphatic heterocycles. The first-order valence-electron chi connectivity index (χ1n) is 5.25. The normalized spacial score (nSPS) is 16.7. The number of nitrogens with zero attached hydrogens (tertiary/aromatic N) is 1. The molecular weight excluding hydrogens is 282 g/mol. The molecule has 4 N–H and O–H groups in total. The molecular formula is C10H12F2N2O6. The van der Waals surface area contributed by atoms with Crippen LogP contribution in [0.3, 0.4) is 0 Å². The lowest BCUT2D eigenvalue weighted by atomic mass is 10.1. The van der Waals surface area contributed by atoms with Crippen molar-refractivity contribution < 1.29 is 28.8 Å². The average molecular weight is 294 g/mol. The van der Waals surface area contributed by atoms with Gasteiger partial charge in [0.05, 0.1) is 0 Å². The number of halogens is 2. The summed E-state index contributed by atoms with van der Waals surface area (Å²) in [6.07, 6.45) is -1.98. The molecule has 0 spiro atoms. The van der Waals surface area contributed by atoms with Gasteiger partial charge in [-0.2, -0.15) is 0 Å². The summed E-state index contributed by atoms with van der Waals surface area (Å²) in [7, 11) is 0. The van der Waals surface area contributed by atoms with Gasteiger partial charge in [0.2, 0.25) is 0 Å². The quantitative estimate of drug-likeness (QED) is 0.494. The smallest absolute Gasteiger partial charge is 0.330 e. The van der Waals surface area contributed by atoms with E-state index in [4.69, 9.17) is 10.2 Å². The molecule has 10 heteroatoms. The fraction of sp³-hybridized carbons (Fsp3) is 0.400. The lowest BCUT2D eigenvalue weighted by molar-refractivity contribution is -0.240. The Bertz CT molecular complexity index is 598. The van der Waals surface area contributed by atoms with Crippen LogP contribution in [0.25, 0.3) is 0 Å². The van der Waals surface area contributed by atoms with Crippen LogP contribution < -0.4 is 11.2 Å². The van der Waals surface area contributed by atoms with E-state index in [0.717, 1.165) is 12.3 Å². The molecule has 20 heavy (non-hydrogen) atoms. The molecule has 0 unspecified atom stereocenters. The molecule has 0 radical (unpaired) electrons. The predicted octanol–water partition coefficient (Wildman–Crippen LogP) is -1.10. The minimum absolute atomic E-state index is 0.468. The molecule has 1 aromatic rings. The fourth-order valence-corrected chi connectivity index (χ4v) is 1.21. The van der Waals surface area contributed by atoms with Crippen LogP contribution in [-0.2, 0) is 11.5 Å². The number of aromatic amines is 1. The number of rotatable bonds is 6. The molecule has 112 valence electrons. The molecule has 0 aliphatic rings. The molecule has 0 aliphatic carbocycles. The largest absolute Gasteiger partial charge is 0.507 e. The van der Waals surface area contributed by atoms with Crippen molar-refractivity contribution in [3.05, 3.63) is 45.2 Å². The maximum atomic E-state index is 14.0. The monoisotopic (exact) mass is 294 g/mol. The van der Waals surface area contributed by atoms with Crippen LogP contribution in [0.1, 0.15) is 0 Å². The summed E-state index contributed by atoms with van der Waals surface area (Å²) in [5.74, 6) is -4.63. The maximum absolute atomic E-state index is 14.0. The van der Waals surface area contributed by atoms with Crippen LogP contribution in [0.5, 0.6) is 0 Å². The van der Waals surface area contributed by atoms with Crippen molar-refractivity contribution >= 4 is 0 Å². The van der Waals surface area contributed by atoms with Crippen LogP contribution in [0.15, 0.2) is 33.9 Å². The number of alkyl halides is 1. The van der Waals surface area contributed by atoms with E-state index < -0.39 is 48.6 Å². The van der Waals surface area contributed by atoms with Crippen LogP contribution in [-0.4, -0.2) is 43.4 Å². The Morgan fingerprint density at radius 2 is 2.25 bits per heavy atom. The summed E-state index contributed by atoms with van der Waals surface area (Å²) >= 11 is 0. The van der Waals surface area contributed by atoms with Crippen LogP contribution >= 0.6 is 0 Å². The summed E-state index contributed by atoms with van der Waals surface area (Å²) < 4.78 is 31.2. The van der Waals surface area contributed by atoms with E-state index in [0.29, 0.717) is 4.57 Å². The van der Waals surface area contributed by atoms with E-state index in [9.17, 15) is 23.5 Å². The van der Waals surface area contributed by atoms with Gasteiger partial charge in [0.25, 0.3) is 11.4 Å². The van der Waals surface area contributed by atoms with Crippen molar-refractivity contribution in [1.82, 2.24) is 9.55 Å². The van der Waals surface area contributed by atoms with Gasteiger partial charge in [-0.15, -0.1) is 0 Å². The molecule has 0 fully saturated rings. The second kappa shape index (κ2) is 6.41. The van der Waals surface area contributed by atoms with Crippen LogP contribution in [0.4, 0.5) is 8.78 Å². The van der Waals surface area contributed by atoms with Gasteiger partial charge in [0.1, 0.15) is 19.7 Å². The van der Waals surface area contributed by atoms with Gasteiger partial charge in [-0.1, -0.05) is 0 Å². The zero-order valence-electron chi connectivity index (χ0n) is 9.99. The van der Waals surface area contributed by atoms with E-state index >= 15 is 0 Å². The number of nitrogens with one attached hydrogen (secondary N) is 1. The molecule has 0 saturated carbocycles. The SMILES string of the molecule is O=c1ccn(CO[C@](F)(CO)[C@@H](O)/C(O)=C/F)c(=O)[nH]1. The summed E-state index contributed by atoms with van der Waals surface area (Å²) in [6, 6.07) is 0.957. The highest BCUT2D eigenvalue weighted by Gasteiger charge is 2.42. The van der Waals surface area contributed by atoms with Gasteiger partial charge in [-0.05, 0) is 0 Å². The molecule has 0 saturated heterocycles. The van der Waals surface area contributed by atoms with Gasteiger partial charge in [-0.3, -0.25) is 14.3 Å². The Labute approximate surface area is 110 Å². The van der Waals surface area contributed by atoms with Gasteiger partial charge in [0.15, 0.2) is 11.9 Å². The minimum Gasteiger partial charge on any atom is -0.507 e. The first-order valence-corrected chi connectivity index (χ1v) is 5.25. The molecule has 0 bridgehead atoms. The van der Waals surface area contributed by atoms with Gasteiger partial charge < -0.3 is 20.1 Å². The topological polar surface area (TPSA) is 125 Å². The van der Waals surface area contributed by atoms with Gasteiger partial charge >= 0.3 is 5.69 Å². The van der Waals surface area contributed by atoms with E-state index in [2.05, 4.69) is 4.74 Å². The molecule has 0 amide bonds. The first kappa shape index (κ1) is 16.0. The average Bonchev–Trinajstić information content (AvgIpc) is 2.44. The highest BCUT2D eigenvalue weighted by atomic mass is 19.2. The number of aromatic nitrogens is 2. The Balaban J connectivity index is 2.89. The molecule has 0 aromatic carbocycles. The Kier molecular flexibility index (Phi) is 5.13. The van der Waals surface area contributed by atoms with Crippen molar-refractivity contribution in [2.75, 3.05) is 6.61 Å². The summed E-state index contributed by atoms with van der Waals surface area (Å²) in [4.78, 5) is 23.9. The lowest BCUT2D eigenvalue weighted by Crippen LogP contribution is -2.46. The van der Waals surface area contributed by atoms with Crippen molar-refractivity contribution in [2.24, 2.45) is 0 Å². The second-order valence-electron chi connectivity index (χ2n) is 3.73. The standard InChI is InChI=1S/C10H12F2N2O6/c11-3-6(16)8(18)10(12,4-15)20-5-14-2-1-7(17)13-9(14)19/h1-3,8,15-16,18H,4-5H2,(H,13,17,19)/b6-3-/t8-,10+/m0/s1. The van der Waals surface area contributed by atoms with Gasteiger partial charge in [-0.25, -0.2) is 13.6 Å². The number of aliphatic hydroxyl groups excluding tert-OH is 3. The summed E-state index contributed by atoms with van der Waals surface area (Å²) in [5.41, 5.74) is -1.60. The minimum atomic E-state index is -3.23. The third-order valence-electron chi connectivity index (χ3n) is 2.36. The molecule has 8 nitrogen and oxygen atoms in total. The number of hydrogen-bond donors (Lipinski definition) is 4. The molecule has 2 atom stereocenters. The van der Waals surface area contributed by atoms with Crippen LogP contribution in [0.2, 0.25) is 0 Å². The molecule has 1 rings (SSSR count). The Morgan fingerprint density at radius 3 is 2.75 bits per heavy atom. The van der Waals surface area contributed by atoms with E-state index in [-0.39, 0.29) is 0 Å². The van der Waals surface area contributed by atoms with E-state index in [1.807, 2.05) is 4.98 Å². The van der Waals surface area contributed by atoms with Crippen molar-refractivity contribution in [3.8, 4) is 0 Å². The second-order valence-corrected chi connectivity index (χ2v) is 3.73. The predicted molar refractivity (Wildman–Crippen MR) is 61.2 cm³/mol. The zero-order chi connectivity index (χ0) is 15.3. The number of H-pyrrole nitrogens is 1. The Hall–Kier alpha value is -2.04. The highest BCUT2D eigenvalue weighted by Crippen LogP contribution is 2.22. The third-order valence-corrected chi connectivity index (χ3v) is 2.36.